The van der Waals surface area contributed by atoms with Crippen LogP contribution in [0, 0.1) is 0 Å². The third kappa shape index (κ3) is 6.29. The third-order valence-corrected chi connectivity index (χ3v) is 7.43. The zero-order chi connectivity index (χ0) is 28.9. The molecule has 2 aromatic heterocycles. The number of nitrogens with one attached hydrogen (secondary N) is 3. The van der Waals surface area contributed by atoms with Crippen LogP contribution in [0.25, 0.3) is 11.2 Å². The van der Waals surface area contributed by atoms with Gasteiger partial charge in [0.05, 0.1) is 6.33 Å². The van der Waals surface area contributed by atoms with Gasteiger partial charge in [-0.15, -0.1) is 0 Å². The maximum absolute atomic E-state index is 12.3. The van der Waals surface area contributed by atoms with Crippen LogP contribution in [-0.2, 0) is 20.9 Å². The van der Waals surface area contributed by atoms with Crippen molar-refractivity contribution in [3.63, 3.8) is 0 Å². The molecule has 0 radical (unpaired) electrons. The Balaban J connectivity index is 0.960. The number of carbonyl (C=O) groups is 3. The quantitative estimate of drug-likeness (QED) is 0.170. The summed E-state index contributed by atoms with van der Waals surface area (Å²) < 4.78 is 7.32. The van der Waals surface area contributed by atoms with Gasteiger partial charge < -0.3 is 36.6 Å². The first-order valence-electron chi connectivity index (χ1n) is 13.7. The molecule has 0 bridgehead atoms. The molecule has 3 aromatic rings. The Morgan fingerprint density at radius 3 is 2.61 bits per heavy atom. The molecule has 1 unspecified atom stereocenters. The molecule has 0 spiro atoms. The number of carbonyl (C=O) groups excluding carboxylic acids is 3. The summed E-state index contributed by atoms with van der Waals surface area (Å²) >= 11 is 0. The lowest BCUT2D eigenvalue weighted by atomic mass is 10.1. The summed E-state index contributed by atoms with van der Waals surface area (Å²) in [6.07, 6.45) is 3.22. The van der Waals surface area contributed by atoms with E-state index in [1.54, 1.807) is 18.2 Å². The summed E-state index contributed by atoms with van der Waals surface area (Å²) in [6.45, 7) is 0.463. The molecular weight excluding hydrogens is 532 g/mol. The lowest BCUT2D eigenvalue weighted by Gasteiger charge is -2.16. The smallest absolute Gasteiger partial charge is 0.251 e. The first kappa shape index (κ1) is 28.4. The first-order valence-corrected chi connectivity index (χ1v) is 13.7. The molecule has 41 heavy (non-hydrogen) atoms. The molecule has 4 heterocycles. The second-order valence-electron chi connectivity index (χ2n) is 10.3. The third-order valence-electron chi connectivity index (χ3n) is 7.43. The van der Waals surface area contributed by atoms with Crippen molar-refractivity contribution in [3.05, 3.63) is 42.0 Å². The average Bonchev–Trinajstić information content (AvgIpc) is 3.64. The Bertz CT molecular complexity index is 1430. The molecular formula is C27H34N8O6. The zero-order valence-corrected chi connectivity index (χ0v) is 22.5. The van der Waals surface area contributed by atoms with Gasteiger partial charge in [-0.2, -0.15) is 0 Å². The molecule has 7 N–H and O–H groups in total. The molecule has 14 nitrogen and oxygen atoms in total. The van der Waals surface area contributed by atoms with Crippen molar-refractivity contribution in [1.29, 1.82) is 0 Å². The Hall–Kier alpha value is -4.14. The monoisotopic (exact) mass is 566 g/mol. The number of unbranched alkanes of at least 4 members (excludes halogenated alkanes) is 4. The molecule has 3 amide bonds. The van der Waals surface area contributed by atoms with Crippen molar-refractivity contribution in [2.75, 3.05) is 17.6 Å². The predicted molar refractivity (Wildman–Crippen MR) is 147 cm³/mol. The van der Waals surface area contributed by atoms with Crippen molar-refractivity contribution < 1.29 is 29.3 Å². The second kappa shape index (κ2) is 12.6. The number of hydrogen-bond acceptors (Lipinski definition) is 10. The van der Waals surface area contributed by atoms with Crippen LogP contribution in [0.15, 0.2) is 30.9 Å². The lowest BCUT2D eigenvalue weighted by molar-refractivity contribution is -0.122. The normalized spacial score (nSPS) is 21.6. The van der Waals surface area contributed by atoms with Crippen LogP contribution >= 0.6 is 0 Å². The number of aliphatic hydroxyl groups is 2. The summed E-state index contributed by atoms with van der Waals surface area (Å²) in [6, 6.07) is 5.31. The fourth-order valence-corrected chi connectivity index (χ4v) is 5.17. The maximum atomic E-state index is 12.3. The van der Waals surface area contributed by atoms with E-state index in [0.717, 1.165) is 31.2 Å². The number of imidazole rings is 1. The molecule has 4 atom stereocenters. The van der Waals surface area contributed by atoms with Gasteiger partial charge in [-0.3, -0.25) is 19.0 Å². The molecule has 0 saturated carbocycles. The fraction of sp³-hybridized carbons (Fsp3) is 0.481. The SMILES string of the molecule is Nc1ncnc2c1ncn2C1O[C@H](CNC(=O)CCCCCCCC(=O)Nc2cccc3c2CNC3=O)[C@@H](O)[C@H]1O. The van der Waals surface area contributed by atoms with Crippen LogP contribution in [0.2, 0.25) is 0 Å². The minimum atomic E-state index is -1.25. The molecule has 1 aromatic carbocycles. The number of nitrogens with zero attached hydrogens (tertiary/aromatic N) is 4. The summed E-state index contributed by atoms with van der Waals surface area (Å²) in [7, 11) is 0. The largest absolute Gasteiger partial charge is 0.387 e. The molecule has 1 fully saturated rings. The number of amides is 3. The van der Waals surface area contributed by atoms with E-state index in [9.17, 15) is 24.6 Å². The van der Waals surface area contributed by atoms with Gasteiger partial charge in [0.25, 0.3) is 5.91 Å². The van der Waals surface area contributed by atoms with E-state index >= 15 is 0 Å². The Morgan fingerprint density at radius 2 is 1.80 bits per heavy atom. The highest BCUT2D eigenvalue weighted by atomic mass is 16.6. The number of fused-ring (bicyclic) bond motifs is 2. The number of hydrogen-bond donors (Lipinski definition) is 6. The van der Waals surface area contributed by atoms with Gasteiger partial charge in [0.2, 0.25) is 11.8 Å². The summed E-state index contributed by atoms with van der Waals surface area (Å²) in [5.74, 6) is -0.183. The van der Waals surface area contributed by atoms with Crippen molar-refractivity contribution in [1.82, 2.24) is 30.2 Å². The molecule has 14 heteroatoms. The van der Waals surface area contributed by atoms with Gasteiger partial charge in [-0.25, -0.2) is 15.0 Å². The van der Waals surface area contributed by atoms with Crippen LogP contribution < -0.4 is 21.7 Å². The summed E-state index contributed by atoms with van der Waals surface area (Å²) in [5, 5.41) is 29.4. The van der Waals surface area contributed by atoms with Crippen molar-refractivity contribution in [2.45, 2.75) is 76.0 Å². The minimum Gasteiger partial charge on any atom is -0.387 e. The van der Waals surface area contributed by atoms with Crippen molar-refractivity contribution in [3.8, 4) is 0 Å². The van der Waals surface area contributed by atoms with Gasteiger partial charge in [-0.05, 0) is 25.0 Å². The predicted octanol–water partition coefficient (Wildman–Crippen LogP) is 0.757. The van der Waals surface area contributed by atoms with E-state index in [1.165, 1.54) is 17.2 Å². The van der Waals surface area contributed by atoms with Crippen LogP contribution in [0.3, 0.4) is 0 Å². The van der Waals surface area contributed by atoms with Gasteiger partial charge >= 0.3 is 0 Å². The Morgan fingerprint density at radius 1 is 1.05 bits per heavy atom. The number of anilines is 2. The fourth-order valence-electron chi connectivity index (χ4n) is 5.17. The zero-order valence-electron chi connectivity index (χ0n) is 22.5. The van der Waals surface area contributed by atoms with E-state index in [2.05, 4.69) is 30.9 Å². The van der Waals surface area contributed by atoms with Crippen LogP contribution in [0.5, 0.6) is 0 Å². The number of aliphatic hydroxyl groups excluding tert-OH is 2. The number of benzene rings is 1. The number of nitrogen functional groups attached to an aromatic ring is 1. The molecule has 2 aliphatic heterocycles. The van der Waals surface area contributed by atoms with Gasteiger partial charge in [0, 0.05) is 42.7 Å². The van der Waals surface area contributed by atoms with Gasteiger partial charge in [0.15, 0.2) is 17.7 Å². The van der Waals surface area contributed by atoms with Crippen LogP contribution in [0.1, 0.15) is 67.1 Å². The van der Waals surface area contributed by atoms with Crippen LogP contribution in [0.4, 0.5) is 11.5 Å². The Labute approximate surface area is 235 Å². The summed E-state index contributed by atoms with van der Waals surface area (Å²) in [4.78, 5) is 48.6. The Kier molecular flexibility index (Phi) is 8.71. The number of nitrogens with two attached hydrogens (primary N) is 1. The highest BCUT2D eigenvalue weighted by Gasteiger charge is 2.44. The first-order chi connectivity index (χ1) is 19.8. The molecule has 0 aliphatic carbocycles. The average molecular weight is 567 g/mol. The minimum absolute atomic E-state index is 0.0429. The topological polar surface area (TPSA) is 207 Å². The molecule has 218 valence electrons. The molecule has 1 saturated heterocycles. The number of aromatic nitrogens is 4. The van der Waals surface area contributed by atoms with Crippen molar-refractivity contribution in [2.24, 2.45) is 0 Å². The number of ether oxygens (including phenoxy) is 1. The number of rotatable bonds is 12. The lowest BCUT2D eigenvalue weighted by Crippen LogP contribution is -2.39. The second-order valence-corrected chi connectivity index (χ2v) is 10.3. The van der Waals surface area contributed by atoms with E-state index in [0.29, 0.717) is 48.2 Å². The van der Waals surface area contributed by atoms with E-state index in [1.807, 2.05) is 0 Å². The van der Waals surface area contributed by atoms with Crippen LogP contribution in [-0.4, -0.2) is 72.3 Å². The van der Waals surface area contributed by atoms with E-state index in [-0.39, 0.29) is 30.1 Å². The van der Waals surface area contributed by atoms with E-state index in [4.69, 9.17) is 10.5 Å². The molecule has 5 rings (SSSR count). The van der Waals surface area contributed by atoms with Gasteiger partial charge in [-0.1, -0.05) is 25.3 Å². The highest BCUT2D eigenvalue weighted by Crippen LogP contribution is 2.31. The highest BCUT2D eigenvalue weighted by molar-refractivity contribution is 6.02. The standard InChI is InChI=1S/C27H34N8O6/c28-24-21-25(32-13-31-24)35(14-33-21)27-23(39)22(38)18(41-27)12-29-19(36)9-4-2-1-3-5-10-20(37)34-17-8-6-7-15-16(17)11-30-26(15)40/h6-8,13-14,18,22-23,27,38-39H,1-5,9-12H2,(H,29,36)(H,30,40)(H,34,37)(H2,28,31,32)/t18-,22-,23-,27?/m1/s1. The molecule has 2 aliphatic rings. The van der Waals surface area contributed by atoms with Crippen molar-refractivity contribution >= 4 is 40.4 Å². The maximum Gasteiger partial charge on any atom is 0.251 e. The summed E-state index contributed by atoms with van der Waals surface area (Å²) in [5.41, 5.74) is 8.65. The van der Waals surface area contributed by atoms with E-state index < -0.39 is 24.5 Å². The van der Waals surface area contributed by atoms with Gasteiger partial charge in [0.1, 0.15) is 30.2 Å².